The molecular formula is C21H28IN7. The fourth-order valence-electron chi connectivity index (χ4n) is 3.76. The second-order valence-electron chi connectivity index (χ2n) is 7.10. The SMILES string of the molecule is CN=C(NCc1ncnn1C)N1CCN(Cc2cccc3ccccc23)CC1.I. The molecule has 0 unspecified atom stereocenters. The Morgan fingerprint density at radius 3 is 2.55 bits per heavy atom. The van der Waals surface area contributed by atoms with E-state index in [4.69, 9.17) is 0 Å². The Balaban J connectivity index is 0.00000240. The van der Waals surface area contributed by atoms with Crippen molar-refractivity contribution >= 4 is 40.7 Å². The summed E-state index contributed by atoms with van der Waals surface area (Å²) >= 11 is 0. The van der Waals surface area contributed by atoms with Crippen LogP contribution in [0.2, 0.25) is 0 Å². The Kier molecular flexibility index (Phi) is 7.43. The van der Waals surface area contributed by atoms with Gasteiger partial charge in [-0.25, -0.2) is 4.98 Å². The van der Waals surface area contributed by atoms with Crippen LogP contribution in [-0.2, 0) is 20.1 Å². The van der Waals surface area contributed by atoms with E-state index < -0.39 is 0 Å². The molecule has 1 saturated heterocycles. The molecule has 0 spiro atoms. The number of rotatable bonds is 4. The molecule has 0 saturated carbocycles. The fourth-order valence-corrected chi connectivity index (χ4v) is 3.76. The number of aliphatic imine (C=N–C) groups is 1. The van der Waals surface area contributed by atoms with Gasteiger partial charge in [-0.2, -0.15) is 5.10 Å². The van der Waals surface area contributed by atoms with Crippen molar-refractivity contribution in [3.05, 3.63) is 60.2 Å². The zero-order valence-corrected chi connectivity index (χ0v) is 19.3. The number of nitrogens with one attached hydrogen (secondary N) is 1. The number of nitrogens with zero attached hydrogens (tertiary/aromatic N) is 6. The highest BCUT2D eigenvalue weighted by Gasteiger charge is 2.20. The molecular weight excluding hydrogens is 477 g/mol. The van der Waals surface area contributed by atoms with Crippen molar-refractivity contribution in [3.63, 3.8) is 0 Å². The van der Waals surface area contributed by atoms with Gasteiger partial charge >= 0.3 is 0 Å². The van der Waals surface area contributed by atoms with E-state index >= 15 is 0 Å². The molecule has 29 heavy (non-hydrogen) atoms. The Morgan fingerprint density at radius 1 is 1.07 bits per heavy atom. The lowest BCUT2D eigenvalue weighted by molar-refractivity contribution is 0.173. The van der Waals surface area contributed by atoms with Crippen LogP contribution in [0.5, 0.6) is 0 Å². The summed E-state index contributed by atoms with van der Waals surface area (Å²) in [5.41, 5.74) is 1.40. The molecule has 154 valence electrons. The molecule has 1 N–H and O–H groups in total. The number of benzene rings is 2. The van der Waals surface area contributed by atoms with Crippen LogP contribution in [-0.4, -0.2) is 63.8 Å². The minimum atomic E-state index is 0. The van der Waals surface area contributed by atoms with Crippen molar-refractivity contribution in [2.24, 2.45) is 12.0 Å². The molecule has 1 aromatic heterocycles. The normalized spacial score (nSPS) is 15.4. The van der Waals surface area contributed by atoms with Crippen LogP contribution >= 0.6 is 24.0 Å². The van der Waals surface area contributed by atoms with Gasteiger partial charge in [0.15, 0.2) is 5.96 Å². The summed E-state index contributed by atoms with van der Waals surface area (Å²) in [6.45, 7) is 5.58. The van der Waals surface area contributed by atoms with Gasteiger partial charge in [0.1, 0.15) is 12.2 Å². The second-order valence-corrected chi connectivity index (χ2v) is 7.10. The van der Waals surface area contributed by atoms with E-state index in [-0.39, 0.29) is 24.0 Å². The maximum atomic E-state index is 4.45. The first kappa shape index (κ1) is 21.5. The van der Waals surface area contributed by atoms with Gasteiger partial charge in [0.05, 0.1) is 6.54 Å². The van der Waals surface area contributed by atoms with E-state index in [1.54, 1.807) is 11.0 Å². The van der Waals surface area contributed by atoms with Gasteiger partial charge in [-0.05, 0) is 16.3 Å². The van der Waals surface area contributed by atoms with Gasteiger partial charge < -0.3 is 10.2 Å². The van der Waals surface area contributed by atoms with Crippen molar-refractivity contribution in [3.8, 4) is 0 Å². The average molecular weight is 505 g/mol. The predicted molar refractivity (Wildman–Crippen MR) is 127 cm³/mol. The highest BCUT2D eigenvalue weighted by atomic mass is 127. The van der Waals surface area contributed by atoms with E-state index in [9.17, 15) is 0 Å². The summed E-state index contributed by atoms with van der Waals surface area (Å²) in [5, 5.41) is 10.2. The molecule has 0 atom stereocenters. The lowest BCUT2D eigenvalue weighted by atomic mass is 10.0. The molecule has 2 heterocycles. The van der Waals surface area contributed by atoms with Crippen LogP contribution in [0.1, 0.15) is 11.4 Å². The second kappa shape index (κ2) is 10.0. The molecule has 1 aliphatic rings. The minimum Gasteiger partial charge on any atom is -0.349 e. The van der Waals surface area contributed by atoms with Gasteiger partial charge in [-0.15, -0.1) is 24.0 Å². The zero-order valence-electron chi connectivity index (χ0n) is 17.0. The van der Waals surface area contributed by atoms with Gasteiger partial charge in [-0.1, -0.05) is 42.5 Å². The van der Waals surface area contributed by atoms with Crippen LogP contribution in [0.3, 0.4) is 0 Å². The van der Waals surface area contributed by atoms with E-state index in [1.807, 2.05) is 14.1 Å². The molecule has 1 fully saturated rings. The number of piperazine rings is 1. The van der Waals surface area contributed by atoms with Crippen LogP contribution < -0.4 is 5.32 Å². The monoisotopic (exact) mass is 505 g/mol. The summed E-state index contributed by atoms with van der Waals surface area (Å²) in [4.78, 5) is 13.5. The van der Waals surface area contributed by atoms with Crippen molar-refractivity contribution in [1.82, 2.24) is 29.9 Å². The molecule has 0 radical (unpaired) electrons. The molecule has 2 aromatic carbocycles. The molecule has 7 nitrogen and oxygen atoms in total. The summed E-state index contributed by atoms with van der Waals surface area (Å²) in [5.74, 6) is 1.82. The topological polar surface area (TPSA) is 61.6 Å². The maximum absolute atomic E-state index is 4.45. The highest BCUT2D eigenvalue weighted by molar-refractivity contribution is 14.0. The average Bonchev–Trinajstić information content (AvgIpc) is 3.15. The number of hydrogen-bond donors (Lipinski definition) is 1. The maximum Gasteiger partial charge on any atom is 0.194 e. The Labute approximate surface area is 188 Å². The lowest BCUT2D eigenvalue weighted by Crippen LogP contribution is -2.52. The van der Waals surface area contributed by atoms with Crippen molar-refractivity contribution in [2.45, 2.75) is 13.1 Å². The molecule has 3 aromatic rings. The van der Waals surface area contributed by atoms with Gasteiger partial charge in [0.2, 0.25) is 0 Å². The van der Waals surface area contributed by atoms with Gasteiger partial charge in [0, 0.05) is 46.8 Å². The molecule has 1 aliphatic heterocycles. The predicted octanol–water partition coefficient (Wildman–Crippen LogP) is 2.48. The number of hydrogen-bond acceptors (Lipinski definition) is 4. The molecule has 0 bridgehead atoms. The number of halogens is 1. The third kappa shape index (κ3) is 5.05. The zero-order chi connectivity index (χ0) is 19.3. The Hall–Kier alpha value is -2.20. The van der Waals surface area contributed by atoms with Crippen molar-refractivity contribution in [1.29, 1.82) is 0 Å². The van der Waals surface area contributed by atoms with Gasteiger partial charge in [-0.3, -0.25) is 14.6 Å². The standard InChI is InChI=1S/C21H27N7.HI/c1-22-21(23-14-20-24-16-25-26(20)2)28-12-10-27(11-13-28)15-18-8-5-7-17-6-3-4-9-19(17)18;/h3-9,16H,10-15H2,1-2H3,(H,22,23);1H. The first-order valence-electron chi connectivity index (χ1n) is 9.72. The first-order valence-corrected chi connectivity index (χ1v) is 9.72. The third-order valence-electron chi connectivity index (χ3n) is 5.37. The summed E-state index contributed by atoms with van der Waals surface area (Å²) in [6, 6.07) is 15.2. The van der Waals surface area contributed by atoms with Crippen LogP contribution in [0, 0.1) is 0 Å². The largest absolute Gasteiger partial charge is 0.349 e. The van der Waals surface area contributed by atoms with E-state index in [0.29, 0.717) is 6.54 Å². The van der Waals surface area contributed by atoms with Crippen LogP contribution in [0.25, 0.3) is 10.8 Å². The quantitative estimate of drug-likeness (QED) is 0.336. The van der Waals surface area contributed by atoms with Crippen LogP contribution in [0.15, 0.2) is 53.8 Å². The lowest BCUT2D eigenvalue weighted by Gasteiger charge is -2.36. The van der Waals surface area contributed by atoms with Crippen molar-refractivity contribution < 1.29 is 0 Å². The first-order chi connectivity index (χ1) is 13.7. The number of aryl methyl sites for hydroxylation is 1. The molecule has 8 heteroatoms. The third-order valence-corrected chi connectivity index (χ3v) is 5.37. The van der Waals surface area contributed by atoms with Gasteiger partial charge in [0.25, 0.3) is 0 Å². The Morgan fingerprint density at radius 2 is 1.83 bits per heavy atom. The Bertz CT molecular complexity index is 955. The summed E-state index contributed by atoms with van der Waals surface area (Å²) < 4.78 is 1.78. The number of aromatic nitrogens is 3. The van der Waals surface area contributed by atoms with Crippen LogP contribution in [0.4, 0.5) is 0 Å². The van der Waals surface area contributed by atoms with E-state index in [1.165, 1.54) is 16.3 Å². The fraction of sp³-hybridized carbons (Fsp3) is 0.381. The molecule has 0 amide bonds. The van der Waals surface area contributed by atoms with Crippen molar-refractivity contribution in [2.75, 3.05) is 33.2 Å². The summed E-state index contributed by atoms with van der Waals surface area (Å²) in [6.07, 6.45) is 1.58. The number of guanidine groups is 1. The molecule has 0 aliphatic carbocycles. The number of fused-ring (bicyclic) bond motifs is 1. The summed E-state index contributed by atoms with van der Waals surface area (Å²) in [7, 11) is 3.74. The highest BCUT2D eigenvalue weighted by Crippen LogP contribution is 2.20. The van der Waals surface area contributed by atoms with E-state index in [2.05, 4.69) is 72.7 Å². The molecule has 4 rings (SSSR count). The minimum absolute atomic E-state index is 0. The smallest absolute Gasteiger partial charge is 0.194 e. The van der Waals surface area contributed by atoms with E-state index in [0.717, 1.165) is 44.5 Å².